The van der Waals surface area contributed by atoms with Crippen LogP contribution in [0.5, 0.6) is 0 Å². The molecule has 2 N–H and O–H groups in total. The van der Waals surface area contributed by atoms with E-state index in [1.54, 1.807) is 0 Å². The molecular weight excluding hydrogens is 696 g/mol. The molecule has 28 heteroatoms. The topological polar surface area (TPSA) is 169 Å². The van der Waals surface area contributed by atoms with Crippen LogP contribution in [0.25, 0.3) is 0 Å². The van der Waals surface area contributed by atoms with Crippen molar-refractivity contribution in [3.8, 4) is 0 Å². The van der Waals surface area contributed by atoms with E-state index >= 15 is 0 Å². The highest BCUT2D eigenvalue weighted by molar-refractivity contribution is 8.06. The Morgan fingerprint density at radius 2 is 0.902 bits per heavy atom. The van der Waals surface area contributed by atoms with Crippen LogP contribution in [0.3, 0.4) is 0 Å². The number of aromatic nitrogens is 2. The van der Waals surface area contributed by atoms with Crippen molar-refractivity contribution in [1.29, 1.82) is 0 Å². The highest BCUT2D eigenvalue weighted by Crippen LogP contribution is 2.28. The first kappa shape index (κ1) is 41.2. The number of alkyl halides is 12. The van der Waals surface area contributed by atoms with E-state index in [-0.39, 0.29) is 0 Å². The molecule has 0 spiro atoms. The van der Waals surface area contributed by atoms with Crippen molar-refractivity contribution in [1.82, 2.24) is 12.8 Å². The van der Waals surface area contributed by atoms with E-state index in [0.717, 1.165) is 6.54 Å². The zero-order valence-electron chi connectivity index (χ0n) is 19.9. The summed E-state index contributed by atoms with van der Waals surface area (Å²) in [6, 6.07) is 0. The molecular formula is C13H19F12N4O8S4+. The minimum Gasteiger partial charge on any atom is -0.240 e. The Bertz CT molecular complexity index is 1240. The summed E-state index contributed by atoms with van der Waals surface area (Å²) in [4.78, 5) is 0. The van der Waals surface area contributed by atoms with E-state index in [4.69, 9.17) is 0 Å². The fourth-order valence-corrected chi connectivity index (χ4v) is 5.48. The first-order valence-corrected chi connectivity index (χ1v) is 15.5. The average molecular weight is 716 g/mol. The number of sulfonamides is 4. The summed E-state index contributed by atoms with van der Waals surface area (Å²) < 4.78 is 221. The molecule has 0 saturated carbocycles. The van der Waals surface area contributed by atoms with Crippen LogP contribution in [0, 0.1) is 0 Å². The number of hydrogen-bond acceptors (Lipinski definition) is 8. The van der Waals surface area contributed by atoms with E-state index in [1.807, 2.05) is 0 Å². The molecule has 0 aliphatic carbocycles. The lowest BCUT2D eigenvalue weighted by Crippen LogP contribution is -2.45. The molecule has 1 aromatic rings. The normalized spacial score (nSPS) is 14.0. The molecule has 1 rings (SSSR count). The number of hydrogen-bond donors (Lipinski definition) is 2. The van der Waals surface area contributed by atoms with Crippen molar-refractivity contribution in [2.75, 3.05) is 0 Å². The number of unbranched alkanes of at least 4 members (excludes halogenated alkanes) is 2. The molecule has 0 aliphatic heterocycles. The molecule has 0 radical (unpaired) electrons. The summed E-state index contributed by atoms with van der Waals surface area (Å²) in [5, 5.41) is 0. The van der Waals surface area contributed by atoms with Crippen LogP contribution in [-0.4, -0.2) is 60.3 Å². The number of nitrogens with zero attached hydrogens (tertiary/aromatic N) is 2. The third-order valence-electron chi connectivity index (χ3n) is 3.50. The quantitative estimate of drug-likeness (QED) is 0.234. The number of nitrogens with one attached hydrogen (secondary N) is 2. The summed E-state index contributed by atoms with van der Waals surface area (Å²) in [5.74, 6) is 0. The second-order valence-corrected chi connectivity index (χ2v) is 14.2. The van der Waals surface area contributed by atoms with E-state index in [0.29, 0.717) is 0 Å². The molecule has 1 aromatic heterocycles. The lowest BCUT2D eigenvalue weighted by atomic mass is 10.2. The Morgan fingerprint density at radius 3 is 1.10 bits per heavy atom. The zero-order chi connectivity index (χ0) is 33.5. The van der Waals surface area contributed by atoms with E-state index in [9.17, 15) is 86.4 Å². The van der Waals surface area contributed by atoms with Gasteiger partial charge in [0.1, 0.15) is 12.4 Å². The van der Waals surface area contributed by atoms with Crippen LogP contribution in [0.15, 0.2) is 18.7 Å². The summed E-state index contributed by atoms with van der Waals surface area (Å²) in [5.41, 5.74) is -24.6. The van der Waals surface area contributed by atoms with Gasteiger partial charge in [0.05, 0.1) is 13.6 Å². The van der Waals surface area contributed by atoms with E-state index in [2.05, 4.69) is 41.8 Å². The SMILES string of the molecule is CCCCCn1cc[n+](C)c1.O=S(=O)(NS(=O)(=O)C(F)(F)F)C(F)(F)F.O=S(=O)(NS(=O)(=O)C(F)(F)F)C(F)(F)F. The second-order valence-electron chi connectivity index (χ2n) is 6.99. The minimum absolute atomic E-state index is 0.493. The highest BCUT2D eigenvalue weighted by atomic mass is 32.3. The van der Waals surface area contributed by atoms with Gasteiger partial charge >= 0.3 is 62.1 Å². The molecule has 12 nitrogen and oxygen atoms in total. The fourth-order valence-electron chi connectivity index (χ4n) is 1.66. The van der Waals surface area contributed by atoms with Gasteiger partial charge in [0.25, 0.3) is 0 Å². The summed E-state index contributed by atoms with van der Waals surface area (Å²) >= 11 is 0. The average Bonchev–Trinajstić information content (AvgIpc) is 3.09. The number of aryl methyl sites for hydroxylation is 2. The van der Waals surface area contributed by atoms with Crippen molar-refractivity contribution < 1.29 is 90.9 Å². The third kappa shape index (κ3) is 13.7. The number of rotatable bonds is 8. The van der Waals surface area contributed by atoms with Gasteiger partial charge in [-0.3, -0.25) is 0 Å². The maximum Gasteiger partial charge on any atom is 0.512 e. The lowest BCUT2D eigenvalue weighted by Gasteiger charge is -2.11. The molecule has 0 atom stereocenters. The van der Waals surface area contributed by atoms with Gasteiger partial charge < -0.3 is 0 Å². The van der Waals surface area contributed by atoms with Crippen molar-refractivity contribution >= 4 is 40.1 Å². The van der Waals surface area contributed by atoms with Gasteiger partial charge in [0.15, 0.2) is 0 Å². The standard InChI is InChI=1S/C9H17N2.2C2HF6NO4S2/c1-3-4-5-6-11-8-7-10(2)9-11;2*3-1(4,5)14(10,11)9-15(12,13)2(6,7)8/h7-9H,3-6H2,1-2H3;2*9H/q+1;;. The Labute approximate surface area is 224 Å². The highest BCUT2D eigenvalue weighted by Gasteiger charge is 2.56. The molecule has 0 fully saturated rings. The fraction of sp³-hybridized carbons (Fsp3) is 0.769. The van der Waals surface area contributed by atoms with Gasteiger partial charge in [0, 0.05) is 0 Å². The Kier molecular flexibility index (Phi) is 14.1. The first-order chi connectivity index (χ1) is 17.7. The van der Waals surface area contributed by atoms with Gasteiger partial charge in [-0.2, -0.15) is 52.7 Å². The molecule has 246 valence electrons. The lowest BCUT2D eigenvalue weighted by molar-refractivity contribution is -0.671. The third-order valence-corrected chi connectivity index (χ3v) is 9.45. The maximum atomic E-state index is 11.5. The van der Waals surface area contributed by atoms with Crippen molar-refractivity contribution in [3.63, 3.8) is 0 Å². The molecule has 41 heavy (non-hydrogen) atoms. The van der Waals surface area contributed by atoms with Crippen LogP contribution < -0.4 is 12.8 Å². The van der Waals surface area contributed by atoms with Crippen LogP contribution in [0.1, 0.15) is 26.2 Å². The maximum absolute atomic E-state index is 11.5. The van der Waals surface area contributed by atoms with E-state index < -0.39 is 70.4 Å². The van der Waals surface area contributed by atoms with Crippen LogP contribution in [-0.2, 0) is 53.7 Å². The van der Waals surface area contributed by atoms with Gasteiger partial charge in [-0.25, -0.2) is 42.8 Å². The van der Waals surface area contributed by atoms with Crippen LogP contribution in [0.2, 0.25) is 0 Å². The molecule has 0 aromatic carbocycles. The molecule has 0 saturated heterocycles. The second kappa shape index (κ2) is 14.0. The molecule has 0 amide bonds. The molecule has 1 heterocycles. The van der Waals surface area contributed by atoms with Crippen LogP contribution >= 0.6 is 0 Å². The minimum atomic E-state index is -6.60. The number of halogens is 12. The molecule has 0 unspecified atom stereocenters. The monoisotopic (exact) mass is 715 g/mol. The van der Waals surface area contributed by atoms with Gasteiger partial charge in [0.2, 0.25) is 6.33 Å². The summed E-state index contributed by atoms with van der Waals surface area (Å²) in [7, 11) is -24.3. The Morgan fingerprint density at radius 1 is 0.610 bits per heavy atom. The Hall–Kier alpha value is -1.91. The predicted molar refractivity (Wildman–Crippen MR) is 111 cm³/mol. The van der Waals surface area contributed by atoms with E-state index in [1.165, 1.54) is 19.3 Å². The first-order valence-electron chi connectivity index (χ1n) is 9.57. The Balaban J connectivity index is 0. The van der Waals surface area contributed by atoms with Gasteiger partial charge in [-0.15, -0.1) is 0 Å². The van der Waals surface area contributed by atoms with Gasteiger partial charge in [-0.05, 0) is 12.8 Å². The van der Waals surface area contributed by atoms with Crippen molar-refractivity contribution in [3.05, 3.63) is 18.7 Å². The summed E-state index contributed by atoms with van der Waals surface area (Å²) in [6.07, 6.45) is 10.2. The predicted octanol–water partition coefficient (Wildman–Crippen LogP) is 2.05. The largest absolute Gasteiger partial charge is 0.512 e. The molecule has 0 bridgehead atoms. The number of imidazole rings is 1. The van der Waals surface area contributed by atoms with Gasteiger partial charge in [-0.1, -0.05) is 21.6 Å². The zero-order valence-corrected chi connectivity index (χ0v) is 23.2. The van der Waals surface area contributed by atoms with Crippen molar-refractivity contribution in [2.24, 2.45) is 7.05 Å². The van der Waals surface area contributed by atoms with Crippen LogP contribution in [0.4, 0.5) is 52.7 Å². The van der Waals surface area contributed by atoms with Crippen molar-refractivity contribution in [2.45, 2.75) is 54.8 Å². The summed E-state index contributed by atoms with van der Waals surface area (Å²) in [6.45, 7) is 3.39. The molecule has 0 aliphatic rings. The smallest absolute Gasteiger partial charge is 0.240 e.